The highest BCUT2D eigenvalue weighted by Crippen LogP contribution is 2.29. The second-order valence-corrected chi connectivity index (χ2v) is 3.01. The van der Waals surface area contributed by atoms with Crippen molar-refractivity contribution in [2.45, 2.75) is 39.5 Å². The Bertz CT molecular complexity index is 130. The lowest BCUT2D eigenvalue weighted by atomic mass is 10.3. The fourth-order valence-electron chi connectivity index (χ4n) is 1.02. The van der Waals surface area contributed by atoms with Gasteiger partial charge in [0.15, 0.2) is 0 Å². The molecule has 1 N–H and O–H groups in total. The lowest BCUT2D eigenvalue weighted by molar-refractivity contribution is 0.708. The third kappa shape index (κ3) is 2.42. The normalized spacial score (nSPS) is 15.2. The SMILES string of the molecule is CCCCNC(C)=C1CC1. The van der Waals surface area contributed by atoms with Crippen molar-refractivity contribution in [3.63, 3.8) is 0 Å². The van der Waals surface area contributed by atoms with Crippen LogP contribution in [0.1, 0.15) is 39.5 Å². The fourth-order valence-corrected chi connectivity index (χ4v) is 1.02. The van der Waals surface area contributed by atoms with Crippen LogP contribution in [0.2, 0.25) is 0 Å². The number of nitrogens with one attached hydrogen (secondary N) is 1. The van der Waals surface area contributed by atoms with Crippen LogP contribution in [-0.2, 0) is 0 Å². The van der Waals surface area contributed by atoms with Crippen molar-refractivity contribution in [1.29, 1.82) is 0 Å². The Morgan fingerprint density at radius 1 is 1.50 bits per heavy atom. The minimum Gasteiger partial charge on any atom is -0.389 e. The van der Waals surface area contributed by atoms with E-state index in [0.29, 0.717) is 0 Å². The van der Waals surface area contributed by atoms with Gasteiger partial charge in [0.2, 0.25) is 0 Å². The van der Waals surface area contributed by atoms with Crippen molar-refractivity contribution in [2.75, 3.05) is 6.54 Å². The second kappa shape index (κ2) is 3.65. The first-order valence-electron chi connectivity index (χ1n) is 4.27. The van der Waals surface area contributed by atoms with Crippen molar-refractivity contribution in [3.8, 4) is 0 Å². The lowest BCUT2D eigenvalue weighted by Crippen LogP contribution is -2.12. The van der Waals surface area contributed by atoms with Crippen molar-refractivity contribution in [3.05, 3.63) is 11.3 Å². The van der Waals surface area contributed by atoms with Crippen LogP contribution in [0.3, 0.4) is 0 Å². The minimum atomic E-state index is 1.16. The maximum atomic E-state index is 3.43. The molecule has 0 bridgehead atoms. The third-order valence-electron chi connectivity index (χ3n) is 1.95. The largest absolute Gasteiger partial charge is 0.389 e. The van der Waals surface area contributed by atoms with E-state index in [9.17, 15) is 0 Å². The summed E-state index contributed by atoms with van der Waals surface area (Å²) in [6.45, 7) is 5.57. The standard InChI is InChI=1S/C9H17N/c1-3-4-7-10-8(2)9-5-6-9/h10H,3-7H2,1-2H3. The Morgan fingerprint density at radius 2 is 2.20 bits per heavy atom. The first kappa shape index (κ1) is 7.64. The molecule has 1 heteroatoms. The van der Waals surface area contributed by atoms with Gasteiger partial charge in [-0.1, -0.05) is 18.9 Å². The molecule has 0 aromatic carbocycles. The van der Waals surface area contributed by atoms with Gasteiger partial charge in [0.05, 0.1) is 0 Å². The Hall–Kier alpha value is -0.460. The van der Waals surface area contributed by atoms with E-state index in [2.05, 4.69) is 19.2 Å². The molecule has 0 saturated heterocycles. The summed E-state index contributed by atoms with van der Waals surface area (Å²) >= 11 is 0. The first-order chi connectivity index (χ1) is 4.84. The maximum Gasteiger partial charge on any atom is 0.0143 e. The topological polar surface area (TPSA) is 12.0 Å². The van der Waals surface area contributed by atoms with Gasteiger partial charge in [-0.2, -0.15) is 0 Å². The van der Waals surface area contributed by atoms with Crippen LogP contribution in [0, 0.1) is 0 Å². The highest BCUT2D eigenvalue weighted by molar-refractivity contribution is 5.22. The molecule has 0 unspecified atom stereocenters. The Balaban J connectivity index is 2.07. The summed E-state index contributed by atoms with van der Waals surface area (Å²) in [6.07, 6.45) is 5.26. The molecule has 1 aliphatic rings. The number of allylic oxidation sites excluding steroid dienone is 2. The third-order valence-corrected chi connectivity index (χ3v) is 1.95. The monoisotopic (exact) mass is 139 g/mol. The summed E-state index contributed by atoms with van der Waals surface area (Å²) in [5.74, 6) is 0. The molecule has 0 aliphatic heterocycles. The van der Waals surface area contributed by atoms with E-state index in [1.807, 2.05) is 0 Å². The van der Waals surface area contributed by atoms with Crippen LogP contribution < -0.4 is 5.32 Å². The van der Waals surface area contributed by atoms with E-state index in [4.69, 9.17) is 0 Å². The van der Waals surface area contributed by atoms with Gasteiger partial charge in [0.25, 0.3) is 0 Å². The maximum absolute atomic E-state index is 3.43. The van der Waals surface area contributed by atoms with Gasteiger partial charge < -0.3 is 5.32 Å². The van der Waals surface area contributed by atoms with Crippen LogP contribution in [0.4, 0.5) is 0 Å². The van der Waals surface area contributed by atoms with E-state index in [0.717, 1.165) is 6.54 Å². The molecule has 0 aromatic heterocycles. The molecule has 0 spiro atoms. The van der Waals surface area contributed by atoms with E-state index >= 15 is 0 Å². The number of unbranched alkanes of at least 4 members (excludes halogenated alkanes) is 1. The summed E-state index contributed by atoms with van der Waals surface area (Å²) in [5.41, 5.74) is 3.07. The highest BCUT2D eigenvalue weighted by Gasteiger charge is 2.13. The Labute approximate surface area is 63.5 Å². The van der Waals surface area contributed by atoms with E-state index < -0.39 is 0 Å². The first-order valence-corrected chi connectivity index (χ1v) is 4.27. The van der Waals surface area contributed by atoms with Crippen molar-refractivity contribution in [1.82, 2.24) is 5.32 Å². The smallest absolute Gasteiger partial charge is 0.0143 e. The molecule has 10 heavy (non-hydrogen) atoms. The molecule has 1 rings (SSSR count). The van der Waals surface area contributed by atoms with Gasteiger partial charge in [-0.3, -0.25) is 0 Å². The Morgan fingerprint density at radius 3 is 2.70 bits per heavy atom. The summed E-state index contributed by atoms with van der Waals surface area (Å²) in [4.78, 5) is 0. The van der Waals surface area contributed by atoms with Gasteiger partial charge >= 0.3 is 0 Å². The summed E-state index contributed by atoms with van der Waals surface area (Å²) in [6, 6.07) is 0. The molecular formula is C9H17N. The van der Waals surface area contributed by atoms with Crippen LogP contribution >= 0.6 is 0 Å². The molecule has 1 nitrogen and oxygen atoms in total. The highest BCUT2D eigenvalue weighted by atomic mass is 14.9. The molecule has 1 aliphatic carbocycles. The Kier molecular flexibility index (Phi) is 2.79. The van der Waals surface area contributed by atoms with Gasteiger partial charge in [-0.25, -0.2) is 0 Å². The molecule has 0 heterocycles. The lowest BCUT2D eigenvalue weighted by Gasteiger charge is -2.03. The van der Waals surface area contributed by atoms with Crippen LogP contribution in [0.15, 0.2) is 11.3 Å². The molecule has 58 valence electrons. The zero-order valence-corrected chi connectivity index (χ0v) is 7.04. The molecule has 1 saturated carbocycles. The zero-order valence-electron chi connectivity index (χ0n) is 7.04. The second-order valence-electron chi connectivity index (χ2n) is 3.01. The van der Waals surface area contributed by atoms with Crippen LogP contribution in [0.25, 0.3) is 0 Å². The van der Waals surface area contributed by atoms with Crippen molar-refractivity contribution in [2.24, 2.45) is 0 Å². The van der Waals surface area contributed by atoms with Gasteiger partial charge in [0, 0.05) is 12.2 Å². The molecule has 0 atom stereocenters. The van der Waals surface area contributed by atoms with Gasteiger partial charge in [-0.05, 0) is 26.2 Å². The fraction of sp³-hybridized carbons (Fsp3) is 0.778. The van der Waals surface area contributed by atoms with E-state index in [1.54, 1.807) is 5.57 Å². The number of hydrogen-bond acceptors (Lipinski definition) is 1. The quantitative estimate of drug-likeness (QED) is 0.590. The summed E-state index contributed by atoms with van der Waals surface area (Å²) in [5, 5.41) is 3.43. The van der Waals surface area contributed by atoms with Crippen molar-refractivity contribution < 1.29 is 0 Å². The molecular weight excluding hydrogens is 122 g/mol. The van der Waals surface area contributed by atoms with E-state index in [1.165, 1.54) is 31.4 Å². The zero-order chi connectivity index (χ0) is 7.40. The van der Waals surface area contributed by atoms with Gasteiger partial charge in [-0.15, -0.1) is 0 Å². The van der Waals surface area contributed by atoms with Crippen LogP contribution in [-0.4, -0.2) is 6.54 Å². The van der Waals surface area contributed by atoms with E-state index in [-0.39, 0.29) is 0 Å². The molecule has 0 radical (unpaired) electrons. The number of rotatable bonds is 4. The minimum absolute atomic E-state index is 1.16. The summed E-state index contributed by atoms with van der Waals surface area (Å²) in [7, 11) is 0. The predicted octanol–water partition coefficient (Wildman–Crippen LogP) is 2.44. The summed E-state index contributed by atoms with van der Waals surface area (Å²) < 4.78 is 0. The van der Waals surface area contributed by atoms with Crippen molar-refractivity contribution >= 4 is 0 Å². The average Bonchev–Trinajstić information content (AvgIpc) is 2.69. The average molecular weight is 139 g/mol. The van der Waals surface area contributed by atoms with Gasteiger partial charge in [0.1, 0.15) is 0 Å². The number of hydrogen-bond donors (Lipinski definition) is 1. The molecule has 0 amide bonds. The molecule has 1 fully saturated rings. The van der Waals surface area contributed by atoms with Crippen LogP contribution in [0.5, 0.6) is 0 Å². The molecule has 0 aromatic rings. The predicted molar refractivity (Wildman–Crippen MR) is 44.8 cm³/mol.